The minimum atomic E-state index is -0.819. The molecule has 0 saturated carbocycles. The molecule has 1 unspecified atom stereocenters. The number of carbonyl (C=O) groups excluding carboxylic acids is 3. The summed E-state index contributed by atoms with van der Waals surface area (Å²) in [6, 6.07) is 0. The van der Waals surface area contributed by atoms with Gasteiger partial charge in [0.05, 0.1) is 0 Å². The second-order valence-electron chi connectivity index (χ2n) is 14.9. The zero-order valence-corrected chi connectivity index (χ0v) is 37.3. The minimum Gasteiger partial charge on any atom is -0.462 e. The maximum Gasteiger partial charge on any atom is 0.306 e. The third-order valence-electron chi connectivity index (χ3n) is 9.30. The Balaban J connectivity index is 4.51. The van der Waals surface area contributed by atoms with Crippen LogP contribution in [0.4, 0.5) is 0 Å². The average molecular weight is 805 g/mol. The van der Waals surface area contributed by atoms with E-state index in [0.29, 0.717) is 12.8 Å². The minimum absolute atomic E-state index is 0.120. The quantitative estimate of drug-likeness (QED) is 0.0266. The number of allylic oxidation sites excluding steroid dienone is 16. The fourth-order valence-corrected chi connectivity index (χ4v) is 5.86. The Morgan fingerprint density at radius 3 is 1.17 bits per heavy atom. The third-order valence-corrected chi connectivity index (χ3v) is 9.30. The van der Waals surface area contributed by atoms with Gasteiger partial charge in [-0.1, -0.05) is 163 Å². The first kappa shape index (κ1) is 54.3. The van der Waals surface area contributed by atoms with Crippen molar-refractivity contribution in [3.05, 3.63) is 97.2 Å². The van der Waals surface area contributed by atoms with Gasteiger partial charge in [-0.15, -0.1) is 0 Å². The van der Waals surface area contributed by atoms with Crippen molar-refractivity contribution in [2.24, 2.45) is 0 Å². The molecule has 0 N–H and O–H groups in total. The van der Waals surface area contributed by atoms with Crippen molar-refractivity contribution in [1.29, 1.82) is 0 Å². The number of rotatable bonds is 40. The largest absolute Gasteiger partial charge is 0.462 e. The summed E-state index contributed by atoms with van der Waals surface area (Å²) in [4.78, 5) is 37.7. The van der Waals surface area contributed by atoms with Gasteiger partial charge >= 0.3 is 17.9 Å². The van der Waals surface area contributed by atoms with E-state index in [2.05, 4.69) is 118 Å². The predicted molar refractivity (Wildman–Crippen MR) is 247 cm³/mol. The van der Waals surface area contributed by atoms with E-state index in [1.54, 1.807) is 0 Å². The van der Waals surface area contributed by atoms with E-state index < -0.39 is 6.10 Å². The van der Waals surface area contributed by atoms with Gasteiger partial charge in [0, 0.05) is 19.3 Å². The number of ether oxygens (including phenoxy) is 3. The Morgan fingerprint density at radius 1 is 0.362 bits per heavy atom. The topological polar surface area (TPSA) is 78.9 Å². The van der Waals surface area contributed by atoms with Gasteiger partial charge in [-0.3, -0.25) is 14.4 Å². The zero-order valence-electron chi connectivity index (χ0n) is 37.3. The number of unbranched alkanes of at least 4 members (excludes halogenated alkanes) is 13. The molecule has 0 aromatic carbocycles. The second-order valence-corrected chi connectivity index (χ2v) is 14.9. The van der Waals surface area contributed by atoms with E-state index in [9.17, 15) is 14.4 Å². The van der Waals surface area contributed by atoms with E-state index in [1.807, 2.05) is 0 Å². The maximum absolute atomic E-state index is 12.7. The summed E-state index contributed by atoms with van der Waals surface area (Å²) in [7, 11) is 0. The lowest BCUT2D eigenvalue weighted by Gasteiger charge is -2.18. The van der Waals surface area contributed by atoms with Crippen LogP contribution in [0.15, 0.2) is 97.2 Å². The Bertz CT molecular complexity index is 1200. The van der Waals surface area contributed by atoms with Crippen molar-refractivity contribution in [2.75, 3.05) is 13.2 Å². The lowest BCUT2D eigenvalue weighted by atomic mass is 10.1. The molecule has 0 heterocycles. The molecule has 6 nitrogen and oxygen atoms in total. The summed E-state index contributed by atoms with van der Waals surface area (Å²) in [6.45, 7) is 6.27. The van der Waals surface area contributed by atoms with Crippen LogP contribution in [0, 0.1) is 0 Å². The summed E-state index contributed by atoms with van der Waals surface area (Å²) in [6.07, 6.45) is 59.8. The molecule has 0 amide bonds. The monoisotopic (exact) mass is 805 g/mol. The van der Waals surface area contributed by atoms with Crippen LogP contribution in [0.5, 0.6) is 0 Å². The molecule has 6 heteroatoms. The molecule has 0 aromatic rings. The normalized spacial score (nSPS) is 12.9. The Kier molecular flexibility index (Phi) is 43.1. The third kappa shape index (κ3) is 43.5. The van der Waals surface area contributed by atoms with Gasteiger partial charge in [0.15, 0.2) is 6.10 Å². The van der Waals surface area contributed by atoms with Crippen LogP contribution in [0.2, 0.25) is 0 Å². The van der Waals surface area contributed by atoms with Gasteiger partial charge in [0.1, 0.15) is 13.2 Å². The Labute approximate surface area is 356 Å². The van der Waals surface area contributed by atoms with Crippen LogP contribution in [-0.4, -0.2) is 37.2 Å². The first-order valence-electron chi connectivity index (χ1n) is 23.2. The first-order chi connectivity index (χ1) is 28.5. The Morgan fingerprint density at radius 2 is 0.690 bits per heavy atom. The molecule has 328 valence electrons. The molecule has 0 bridgehead atoms. The highest BCUT2D eigenvalue weighted by Crippen LogP contribution is 2.11. The number of esters is 3. The van der Waals surface area contributed by atoms with E-state index in [0.717, 1.165) is 103 Å². The summed E-state index contributed by atoms with van der Waals surface area (Å²) in [5.74, 6) is -1.04. The lowest BCUT2D eigenvalue weighted by molar-refractivity contribution is -0.167. The fraction of sp³-hybridized carbons (Fsp3) is 0.635. The van der Waals surface area contributed by atoms with Crippen LogP contribution in [0.25, 0.3) is 0 Å². The summed E-state index contributed by atoms with van der Waals surface area (Å²) >= 11 is 0. The van der Waals surface area contributed by atoms with Gasteiger partial charge in [-0.25, -0.2) is 0 Å². The van der Waals surface area contributed by atoms with Gasteiger partial charge in [-0.05, 0) is 109 Å². The van der Waals surface area contributed by atoms with Crippen LogP contribution in [0.1, 0.15) is 194 Å². The van der Waals surface area contributed by atoms with E-state index >= 15 is 0 Å². The average Bonchev–Trinajstić information content (AvgIpc) is 3.22. The molecule has 0 fully saturated rings. The number of hydrogen-bond donors (Lipinski definition) is 0. The molecule has 58 heavy (non-hydrogen) atoms. The smallest absolute Gasteiger partial charge is 0.306 e. The molecular weight excluding hydrogens is 721 g/mol. The van der Waals surface area contributed by atoms with Gasteiger partial charge < -0.3 is 14.2 Å². The van der Waals surface area contributed by atoms with Crippen molar-refractivity contribution in [1.82, 2.24) is 0 Å². The van der Waals surface area contributed by atoms with Gasteiger partial charge in [-0.2, -0.15) is 0 Å². The van der Waals surface area contributed by atoms with E-state index in [4.69, 9.17) is 14.2 Å². The highest BCUT2D eigenvalue weighted by Gasteiger charge is 2.19. The van der Waals surface area contributed by atoms with E-state index in [-0.39, 0.29) is 44.0 Å². The predicted octanol–water partition coefficient (Wildman–Crippen LogP) is 15.0. The molecule has 0 aromatic heterocycles. The molecule has 0 radical (unpaired) electrons. The van der Waals surface area contributed by atoms with Crippen LogP contribution in [-0.2, 0) is 28.6 Å². The fourth-order valence-electron chi connectivity index (χ4n) is 5.86. The first-order valence-corrected chi connectivity index (χ1v) is 23.2. The van der Waals surface area contributed by atoms with Crippen LogP contribution >= 0.6 is 0 Å². The van der Waals surface area contributed by atoms with Crippen LogP contribution in [0.3, 0.4) is 0 Å². The molecule has 1 atom stereocenters. The lowest BCUT2D eigenvalue weighted by Crippen LogP contribution is -2.30. The summed E-state index contributed by atoms with van der Waals surface area (Å²) in [5, 5.41) is 0. The van der Waals surface area contributed by atoms with E-state index in [1.165, 1.54) is 44.9 Å². The molecule has 0 rings (SSSR count). The van der Waals surface area contributed by atoms with Crippen molar-refractivity contribution in [2.45, 2.75) is 200 Å². The second kappa shape index (κ2) is 46.0. The molecule has 0 aliphatic rings. The van der Waals surface area contributed by atoms with Crippen molar-refractivity contribution < 1.29 is 28.6 Å². The van der Waals surface area contributed by atoms with Gasteiger partial charge in [0.2, 0.25) is 0 Å². The highest BCUT2D eigenvalue weighted by atomic mass is 16.6. The molecule has 0 aliphatic carbocycles. The molecule has 0 saturated heterocycles. The highest BCUT2D eigenvalue weighted by molar-refractivity contribution is 5.71. The summed E-state index contributed by atoms with van der Waals surface area (Å²) in [5.41, 5.74) is 0. The SMILES string of the molecule is CC/C=C\C/C=C\C/C=C\C/C=C\C/C=C\CCCC(=O)OCC(COC(=O)CCCC/C=C\C/C=C\CC)OC(=O)CCCCC/C=C\CCCCCCCCC. The van der Waals surface area contributed by atoms with Crippen molar-refractivity contribution in [3.8, 4) is 0 Å². The summed E-state index contributed by atoms with van der Waals surface area (Å²) < 4.78 is 16.6. The Hall–Kier alpha value is -3.67. The van der Waals surface area contributed by atoms with Gasteiger partial charge in [0.25, 0.3) is 0 Å². The number of carbonyl (C=O) groups is 3. The maximum atomic E-state index is 12.7. The van der Waals surface area contributed by atoms with Crippen molar-refractivity contribution in [3.63, 3.8) is 0 Å². The zero-order chi connectivity index (χ0) is 42.3. The molecule has 0 aliphatic heterocycles. The standard InChI is InChI=1S/C52H84O6/c1-4-7-10-13-16-19-21-23-25-26-27-29-30-33-36-39-42-45-51(54)57-48-49(47-56-50(53)44-41-38-35-32-18-15-12-9-6-3)58-52(55)46-43-40-37-34-31-28-24-22-20-17-14-11-8-5-2/h7,9-10,12,16,18-19,23,25,27-29,31-33,36,49H,4-6,8,11,13-15,17,20-22,24,26,30,34-35,37-48H2,1-3H3/b10-7-,12-9-,19-16-,25-23-,29-27-,31-28-,32-18-,36-33-. The number of hydrogen-bond acceptors (Lipinski definition) is 6. The van der Waals surface area contributed by atoms with Crippen molar-refractivity contribution >= 4 is 17.9 Å². The van der Waals surface area contributed by atoms with Crippen LogP contribution < -0.4 is 0 Å². The molecule has 0 spiro atoms. The molecular formula is C52H84O6.